The molecule has 3 N–H and O–H groups in total. The lowest BCUT2D eigenvalue weighted by molar-refractivity contribution is -0.141. The van der Waals surface area contributed by atoms with Crippen LogP contribution in [0.3, 0.4) is 0 Å². The Bertz CT molecular complexity index is 661. The third kappa shape index (κ3) is 3.62. The first-order chi connectivity index (χ1) is 10.0. The predicted octanol–water partition coefficient (Wildman–Crippen LogP) is 2.39. The monoisotopic (exact) mass is 288 g/mol. The summed E-state index contributed by atoms with van der Waals surface area (Å²) in [4.78, 5) is 25.9. The van der Waals surface area contributed by atoms with Gasteiger partial charge in [-0.05, 0) is 37.5 Å². The van der Waals surface area contributed by atoms with E-state index in [1.807, 2.05) is 25.3 Å². The zero-order valence-corrected chi connectivity index (χ0v) is 12.3. The van der Waals surface area contributed by atoms with E-state index in [1.54, 1.807) is 6.92 Å². The fourth-order valence-electron chi connectivity index (χ4n) is 2.35. The number of hydrogen-bond acceptors (Lipinski definition) is 2. The molecule has 0 aliphatic carbocycles. The molecule has 0 fully saturated rings. The zero-order valence-electron chi connectivity index (χ0n) is 12.3. The smallest absolute Gasteiger partial charge is 0.326 e. The van der Waals surface area contributed by atoms with Gasteiger partial charge in [-0.2, -0.15) is 0 Å². The standard InChI is InChI=1S/C16H20N2O3/c1-3-13(16(20)21)18-15(19)7-5-11-9-17-14-6-4-10(2)8-12(11)14/h4,6,8-9,13,17H,3,5,7H2,1-2H3,(H,18,19)(H,20,21). The molecule has 112 valence electrons. The Hall–Kier alpha value is -2.30. The highest BCUT2D eigenvalue weighted by atomic mass is 16.4. The van der Waals surface area contributed by atoms with Crippen molar-refractivity contribution in [1.82, 2.24) is 10.3 Å². The first kappa shape index (κ1) is 15.1. The number of amides is 1. The van der Waals surface area contributed by atoms with Gasteiger partial charge in [0.2, 0.25) is 5.91 Å². The topological polar surface area (TPSA) is 82.2 Å². The summed E-state index contributed by atoms with van der Waals surface area (Å²) in [5.41, 5.74) is 3.30. The third-order valence-corrected chi connectivity index (χ3v) is 3.59. The SMILES string of the molecule is CCC(NC(=O)CCc1c[nH]c2ccc(C)cc12)C(=O)O. The number of benzene rings is 1. The summed E-state index contributed by atoms with van der Waals surface area (Å²) >= 11 is 0. The second-order valence-electron chi connectivity index (χ2n) is 5.23. The van der Waals surface area contributed by atoms with Gasteiger partial charge in [0.15, 0.2) is 0 Å². The van der Waals surface area contributed by atoms with Gasteiger partial charge in [0.1, 0.15) is 6.04 Å². The number of hydrogen-bond donors (Lipinski definition) is 3. The lowest BCUT2D eigenvalue weighted by Gasteiger charge is -2.11. The molecule has 0 spiro atoms. The highest BCUT2D eigenvalue weighted by Gasteiger charge is 2.17. The average molecular weight is 288 g/mol. The Balaban J connectivity index is 2.00. The van der Waals surface area contributed by atoms with E-state index in [1.165, 1.54) is 5.56 Å². The summed E-state index contributed by atoms with van der Waals surface area (Å²) in [5, 5.41) is 12.6. The van der Waals surface area contributed by atoms with E-state index in [0.29, 0.717) is 12.8 Å². The quantitative estimate of drug-likeness (QED) is 0.763. The lowest BCUT2D eigenvalue weighted by Crippen LogP contribution is -2.40. The van der Waals surface area contributed by atoms with E-state index in [-0.39, 0.29) is 12.3 Å². The molecule has 0 saturated carbocycles. The van der Waals surface area contributed by atoms with Crippen LogP contribution < -0.4 is 5.32 Å². The molecule has 2 aromatic rings. The van der Waals surface area contributed by atoms with Crippen molar-refractivity contribution < 1.29 is 14.7 Å². The molecule has 0 saturated heterocycles. The molecule has 0 aliphatic heterocycles. The summed E-state index contributed by atoms with van der Waals surface area (Å²) in [7, 11) is 0. The molecule has 1 aromatic heterocycles. The van der Waals surface area contributed by atoms with Gasteiger partial charge in [-0.15, -0.1) is 0 Å². The minimum Gasteiger partial charge on any atom is -0.480 e. The first-order valence-corrected chi connectivity index (χ1v) is 7.10. The largest absolute Gasteiger partial charge is 0.480 e. The van der Waals surface area contributed by atoms with Crippen LogP contribution in [-0.4, -0.2) is 28.0 Å². The van der Waals surface area contributed by atoms with Gasteiger partial charge in [0, 0.05) is 23.5 Å². The van der Waals surface area contributed by atoms with Crippen molar-refractivity contribution in [3.8, 4) is 0 Å². The fraction of sp³-hybridized carbons (Fsp3) is 0.375. The number of rotatable bonds is 6. The Kier molecular flexibility index (Phi) is 4.62. The zero-order chi connectivity index (χ0) is 15.4. The number of H-pyrrole nitrogens is 1. The van der Waals surface area contributed by atoms with Gasteiger partial charge in [0.05, 0.1) is 0 Å². The van der Waals surface area contributed by atoms with Gasteiger partial charge in [-0.25, -0.2) is 4.79 Å². The number of carbonyl (C=O) groups is 2. The van der Waals surface area contributed by atoms with Crippen molar-refractivity contribution in [1.29, 1.82) is 0 Å². The number of aliphatic carboxylic acids is 1. The maximum absolute atomic E-state index is 11.8. The molecular formula is C16H20N2O3. The number of fused-ring (bicyclic) bond motifs is 1. The van der Waals surface area contributed by atoms with Gasteiger partial charge >= 0.3 is 5.97 Å². The maximum atomic E-state index is 11.8. The van der Waals surface area contributed by atoms with Crippen LogP contribution in [-0.2, 0) is 16.0 Å². The lowest BCUT2D eigenvalue weighted by atomic mass is 10.1. The Labute approximate surface area is 123 Å². The van der Waals surface area contributed by atoms with E-state index < -0.39 is 12.0 Å². The fourth-order valence-corrected chi connectivity index (χ4v) is 2.35. The molecule has 0 radical (unpaired) electrons. The molecule has 1 aromatic carbocycles. The molecule has 5 heteroatoms. The van der Waals surface area contributed by atoms with E-state index >= 15 is 0 Å². The Morgan fingerprint density at radius 1 is 1.38 bits per heavy atom. The number of carboxylic acid groups (broad SMARTS) is 1. The minimum atomic E-state index is -0.992. The number of carbonyl (C=O) groups excluding carboxylic acids is 1. The molecule has 0 aliphatic rings. The molecule has 0 bridgehead atoms. The van der Waals surface area contributed by atoms with Crippen molar-refractivity contribution in [2.75, 3.05) is 0 Å². The van der Waals surface area contributed by atoms with Crippen molar-refractivity contribution in [2.24, 2.45) is 0 Å². The second kappa shape index (κ2) is 6.43. The maximum Gasteiger partial charge on any atom is 0.326 e. The molecule has 2 rings (SSSR count). The highest BCUT2D eigenvalue weighted by Crippen LogP contribution is 2.20. The number of nitrogens with one attached hydrogen (secondary N) is 2. The molecule has 1 amide bonds. The van der Waals surface area contributed by atoms with Gasteiger partial charge in [-0.3, -0.25) is 4.79 Å². The summed E-state index contributed by atoms with van der Waals surface area (Å²) in [6, 6.07) is 5.34. The molecular weight excluding hydrogens is 268 g/mol. The van der Waals surface area contributed by atoms with E-state index in [9.17, 15) is 9.59 Å². The minimum absolute atomic E-state index is 0.230. The summed E-state index contributed by atoms with van der Waals surface area (Å²) < 4.78 is 0. The highest BCUT2D eigenvalue weighted by molar-refractivity contribution is 5.86. The van der Waals surface area contributed by atoms with Crippen LogP contribution in [0.4, 0.5) is 0 Å². The van der Waals surface area contributed by atoms with Crippen LogP contribution in [0, 0.1) is 6.92 Å². The van der Waals surface area contributed by atoms with Crippen LogP contribution in [0.25, 0.3) is 10.9 Å². The number of aryl methyl sites for hydroxylation is 2. The molecule has 5 nitrogen and oxygen atoms in total. The van der Waals surface area contributed by atoms with Crippen molar-refractivity contribution in [3.05, 3.63) is 35.5 Å². The molecule has 1 heterocycles. The Morgan fingerprint density at radius 2 is 2.14 bits per heavy atom. The molecule has 21 heavy (non-hydrogen) atoms. The van der Waals surface area contributed by atoms with Gasteiger partial charge in [-0.1, -0.05) is 18.6 Å². The molecule has 1 atom stereocenters. The van der Waals surface area contributed by atoms with Crippen molar-refractivity contribution in [3.63, 3.8) is 0 Å². The summed E-state index contributed by atoms with van der Waals surface area (Å²) in [6.07, 6.45) is 3.16. The van der Waals surface area contributed by atoms with Crippen LogP contribution >= 0.6 is 0 Å². The van der Waals surface area contributed by atoms with Gasteiger partial charge in [0.25, 0.3) is 0 Å². The number of aromatic nitrogens is 1. The average Bonchev–Trinajstić information content (AvgIpc) is 2.84. The number of carboxylic acids is 1. The van der Waals surface area contributed by atoms with Crippen LogP contribution in [0.2, 0.25) is 0 Å². The first-order valence-electron chi connectivity index (χ1n) is 7.10. The summed E-state index contributed by atoms with van der Waals surface area (Å²) in [6.45, 7) is 3.77. The summed E-state index contributed by atoms with van der Waals surface area (Å²) in [5.74, 6) is -1.22. The van der Waals surface area contributed by atoms with Crippen LogP contribution in [0.15, 0.2) is 24.4 Å². The van der Waals surface area contributed by atoms with E-state index in [2.05, 4.69) is 16.4 Å². The normalized spacial score (nSPS) is 12.3. The Morgan fingerprint density at radius 3 is 2.81 bits per heavy atom. The molecule has 1 unspecified atom stereocenters. The van der Waals surface area contributed by atoms with Crippen molar-refractivity contribution >= 4 is 22.8 Å². The second-order valence-corrected chi connectivity index (χ2v) is 5.23. The number of aromatic amines is 1. The van der Waals surface area contributed by atoms with Crippen molar-refractivity contribution in [2.45, 2.75) is 39.2 Å². The third-order valence-electron chi connectivity index (χ3n) is 3.59. The van der Waals surface area contributed by atoms with Crippen LogP contribution in [0.5, 0.6) is 0 Å². The van der Waals surface area contributed by atoms with E-state index in [0.717, 1.165) is 16.5 Å². The predicted molar refractivity (Wildman–Crippen MR) is 81.2 cm³/mol. The van der Waals surface area contributed by atoms with E-state index in [4.69, 9.17) is 5.11 Å². The van der Waals surface area contributed by atoms with Gasteiger partial charge < -0.3 is 15.4 Å². The van der Waals surface area contributed by atoms with Crippen LogP contribution in [0.1, 0.15) is 30.9 Å².